The Balaban J connectivity index is 2.62. The summed E-state index contributed by atoms with van der Waals surface area (Å²) in [6.07, 6.45) is 0.559. The quantitative estimate of drug-likeness (QED) is 0.722. The average Bonchev–Trinajstić information content (AvgIpc) is 2.31. The first-order chi connectivity index (χ1) is 8.08. The van der Waals surface area contributed by atoms with Crippen LogP contribution in [0, 0.1) is 0 Å². The zero-order valence-electron chi connectivity index (χ0n) is 10.7. The number of carbonyl (C=O) groups excluding carboxylic acids is 1. The van der Waals surface area contributed by atoms with Crippen molar-refractivity contribution in [3.8, 4) is 0 Å². The normalized spacial score (nSPS) is 12.8. The van der Waals surface area contributed by atoms with Crippen molar-refractivity contribution in [2.45, 2.75) is 33.2 Å². The maximum atomic E-state index is 12.0. The van der Waals surface area contributed by atoms with Crippen LogP contribution >= 0.6 is 11.6 Å². The minimum atomic E-state index is 0.182. The van der Waals surface area contributed by atoms with E-state index in [1.807, 2.05) is 0 Å². The summed E-state index contributed by atoms with van der Waals surface area (Å²) in [5.74, 6) is 0.182. The Morgan fingerprint density at radius 3 is 2.24 bits per heavy atom. The summed E-state index contributed by atoms with van der Waals surface area (Å²) in [4.78, 5) is 14.3. The van der Waals surface area contributed by atoms with Crippen molar-refractivity contribution in [3.05, 3.63) is 34.9 Å². The second-order valence-corrected chi connectivity index (χ2v) is 4.64. The number of rotatable bonds is 6. The molecule has 0 fully saturated rings. The Kier molecular flexibility index (Phi) is 5.66. The Hall–Kier alpha value is -0.860. The summed E-state index contributed by atoms with van der Waals surface area (Å²) >= 11 is 5.80. The predicted molar refractivity (Wildman–Crippen MR) is 72.8 cm³/mol. The largest absolute Gasteiger partial charge is 0.301 e. The number of hydrogen-bond acceptors (Lipinski definition) is 2. The number of Topliss-reactive ketones (excluding diaryl/α,β-unsaturated/α-hetero) is 1. The lowest BCUT2D eigenvalue weighted by Gasteiger charge is -2.25. The molecular weight excluding hydrogens is 234 g/mol. The Morgan fingerprint density at radius 2 is 1.76 bits per heavy atom. The van der Waals surface area contributed by atoms with Crippen molar-refractivity contribution < 1.29 is 4.79 Å². The van der Waals surface area contributed by atoms with E-state index in [4.69, 9.17) is 11.6 Å². The van der Waals surface area contributed by atoms with Gasteiger partial charge in [-0.15, -0.1) is 0 Å². The molecule has 0 spiro atoms. The molecule has 0 heterocycles. The molecule has 0 saturated heterocycles. The Labute approximate surface area is 109 Å². The van der Waals surface area contributed by atoms with E-state index < -0.39 is 0 Å². The van der Waals surface area contributed by atoms with Crippen LogP contribution in [0.3, 0.4) is 0 Å². The summed E-state index contributed by atoms with van der Waals surface area (Å²) in [6, 6.07) is 7.39. The van der Waals surface area contributed by atoms with Crippen molar-refractivity contribution in [1.82, 2.24) is 4.90 Å². The van der Waals surface area contributed by atoms with Crippen molar-refractivity contribution in [2.75, 3.05) is 13.1 Å². The lowest BCUT2D eigenvalue weighted by Crippen LogP contribution is -2.34. The first-order valence-electron chi connectivity index (χ1n) is 6.11. The first-order valence-corrected chi connectivity index (χ1v) is 6.49. The third-order valence-corrected chi connectivity index (χ3v) is 3.33. The van der Waals surface area contributed by atoms with Gasteiger partial charge in [0.25, 0.3) is 0 Å². The molecular formula is C14H20ClNO. The number of nitrogens with zero attached hydrogens (tertiary/aromatic N) is 1. The van der Waals surface area contributed by atoms with Gasteiger partial charge in [-0.05, 0) is 44.3 Å². The highest BCUT2D eigenvalue weighted by Gasteiger charge is 2.15. The maximum absolute atomic E-state index is 12.0. The molecule has 0 aromatic heterocycles. The predicted octanol–water partition coefficient (Wildman–Crippen LogP) is 3.64. The minimum Gasteiger partial charge on any atom is -0.301 e. The number of carbonyl (C=O) groups is 1. The average molecular weight is 254 g/mol. The molecule has 0 amide bonds. The maximum Gasteiger partial charge on any atom is 0.164 e. The molecule has 0 bridgehead atoms. The molecule has 94 valence electrons. The van der Waals surface area contributed by atoms with E-state index in [0.717, 1.165) is 18.7 Å². The van der Waals surface area contributed by atoms with E-state index in [1.165, 1.54) is 0 Å². The lowest BCUT2D eigenvalue weighted by molar-refractivity contribution is 0.0934. The van der Waals surface area contributed by atoms with E-state index in [9.17, 15) is 4.79 Å². The fourth-order valence-corrected chi connectivity index (χ4v) is 2.12. The highest BCUT2D eigenvalue weighted by atomic mass is 35.5. The van der Waals surface area contributed by atoms with Crippen LogP contribution < -0.4 is 0 Å². The molecule has 1 atom stereocenters. The van der Waals surface area contributed by atoms with Gasteiger partial charge in [0.15, 0.2) is 5.78 Å². The molecule has 0 saturated carbocycles. The monoisotopic (exact) mass is 253 g/mol. The number of ketones is 1. The molecule has 0 radical (unpaired) electrons. The van der Waals surface area contributed by atoms with Gasteiger partial charge in [-0.1, -0.05) is 25.4 Å². The van der Waals surface area contributed by atoms with Gasteiger partial charge < -0.3 is 4.90 Å². The van der Waals surface area contributed by atoms with Crippen molar-refractivity contribution >= 4 is 17.4 Å². The number of hydrogen-bond donors (Lipinski definition) is 0. The Morgan fingerprint density at radius 1 is 1.24 bits per heavy atom. The SMILES string of the molecule is CCN(CC)C(C)CC(=O)c1ccc(Cl)cc1. The topological polar surface area (TPSA) is 20.3 Å². The van der Waals surface area contributed by atoms with Gasteiger partial charge in [-0.25, -0.2) is 0 Å². The van der Waals surface area contributed by atoms with Gasteiger partial charge in [0.2, 0.25) is 0 Å². The van der Waals surface area contributed by atoms with Crippen LogP contribution in [0.15, 0.2) is 24.3 Å². The van der Waals surface area contributed by atoms with E-state index in [2.05, 4.69) is 25.7 Å². The standard InChI is InChI=1S/C14H20ClNO/c1-4-16(5-2)11(3)10-14(17)12-6-8-13(15)9-7-12/h6-9,11H,4-5,10H2,1-3H3. The molecule has 17 heavy (non-hydrogen) atoms. The molecule has 0 N–H and O–H groups in total. The molecule has 0 aliphatic heterocycles. The highest BCUT2D eigenvalue weighted by Crippen LogP contribution is 2.13. The van der Waals surface area contributed by atoms with E-state index in [0.29, 0.717) is 11.4 Å². The molecule has 0 aliphatic carbocycles. The molecule has 1 aromatic rings. The zero-order valence-corrected chi connectivity index (χ0v) is 11.5. The van der Waals surface area contributed by atoms with E-state index in [1.54, 1.807) is 24.3 Å². The summed E-state index contributed by atoms with van der Waals surface area (Å²) in [6.45, 7) is 8.29. The summed E-state index contributed by atoms with van der Waals surface area (Å²) in [5, 5.41) is 0.665. The smallest absolute Gasteiger partial charge is 0.164 e. The summed E-state index contributed by atoms with van der Waals surface area (Å²) in [7, 11) is 0. The van der Waals surface area contributed by atoms with Crippen LogP contribution in [-0.2, 0) is 0 Å². The van der Waals surface area contributed by atoms with E-state index >= 15 is 0 Å². The van der Waals surface area contributed by atoms with Crippen LogP contribution in [0.25, 0.3) is 0 Å². The van der Waals surface area contributed by atoms with Crippen LogP contribution in [0.2, 0.25) is 5.02 Å². The van der Waals surface area contributed by atoms with Gasteiger partial charge in [0, 0.05) is 23.0 Å². The van der Waals surface area contributed by atoms with Gasteiger partial charge in [-0.2, -0.15) is 0 Å². The van der Waals surface area contributed by atoms with Crippen molar-refractivity contribution in [1.29, 1.82) is 0 Å². The highest BCUT2D eigenvalue weighted by molar-refractivity contribution is 6.30. The number of benzene rings is 1. The van der Waals surface area contributed by atoms with Crippen LogP contribution in [0.5, 0.6) is 0 Å². The van der Waals surface area contributed by atoms with Gasteiger partial charge in [-0.3, -0.25) is 4.79 Å². The molecule has 1 rings (SSSR count). The van der Waals surface area contributed by atoms with Gasteiger partial charge in [0.1, 0.15) is 0 Å². The Bertz CT molecular complexity index is 357. The van der Waals surface area contributed by atoms with Crippen LogP contribution in [-0.4, -0.2) is 29.8 Å². The second kappa shape index (κ2) is 6.77. The van der Waals surface area contributed by atoms with Crippen molar-refractivity contribution in [2.24, 2.45) is 0 Å². The van der Waals surface area contributed by atoms with Crippen LogP contribution in [0.1, 0.15) is 37.6 Å². The third-order valence-electron chi connectivity index (χ3n) is 3.08. The summed E-state index contributed by atoms with van der Waals surface area (Å²) < 4.78 is 0. The molecule has 1 unspecified atom stereocenters. The minimum absolute atomic E-state index is 0.182. The van der Waals surface area contributed by atoms with Crippen molar-refractivity contribution in [3.63, 3.8) is 0 Å². The zero-order chi connectivity index (χ0) is 12.8. The summed E-state index contributed by atoms with van der Waals surface area (Å²) in [5.41, 5.74) is 0.744. The molecule has 1 aromatic carbocycles. The van der Waals surface area contributed by atoms with E-state index in [-0.39, 0.29) is 11.8 Å². The third kappa shape index (κ3) is 4.14. The molecule has 0 aliphatic rings. The van der Waals surface area contributed by atoms with Gasteiger partial charge in [0.05, 0.1) is 0 Å². The van der Waals surface area contributed by atoms with Gasteiger partial charge >= 0.3 is 0 Å². The number of halogens is 1. The molecule has 2 nitrogen and oxygen atoms in total. The fourth-order valence-electron chi connectivity index (χ4n) is 2.00. The second-order valence-electron chi connectivity index (χ2n) is 4.20. The lowest BCUT2D eigenvalue weighted by atomic mass is 10.0. The molecule has 3 heteroatoms. The fraction of sp³-hybridized carbons (Fsp3) is 0.500. The first kappa shape index (κ1) is 14.2. The van der Waals surface area contributed by atoms with Crippen LogP contribution in [0.4, 0.5) is 0 Å².